The molecule has 1 saturated heterocycles. The van der Waals surface area contributed by atoms with Crippen molar-refractivity contribution in [1.82, 2.24) is 15.1 Å². The van der Waals surface area contributed by atoms with Crippen LogP contribution >= 0.6 is 0 Å². The summed E-state index contributed by atoms with van der Waals surface area (Å²) >= 11 is 0. The summed E-state index contributed by atoms with van der Waals surface area (Å²) in [4.78, 5) is 26.9. The molecule has 1 amide bonds. The van der Waals surface area contributed by atoms with Crippen molar-refractivity contribution in [3.8, 4) is 5.75 Å². The van der Waals surface area contributed by atoms with Crippen molar-refractivity contribution >= 4 is 11.9 Å². The molecular formula is C20H31N3O4. The number of rotatable bonds is 9. The van der Waals surface area contributed by atoms with Gasteiger partial charge in [0.25, 0.3) is 0 Å². The molecule has 1 aliphatic heterocycles. The van der Waals surface area contributed by atoms with E-state index in [1.54, 1.807) is 0 Å². The summed E-state index contributed by atoms with van der Waals surface area (Å²) < 4.78 is 5.80. The molecule has 150 valence electrons. The lowest BCUT2D eigenvalue weighted by Crippen LogP contribution is -2.47. The van der Waals surface area contributed by atoms with Gasteiger partial charge in [0.1, 0.15) is 12.4 Å². The first-order valence-corrected chi connectivity index (χ1v) is 9.47. The number of benzene rings is 1. The zero-order chi connectivity index (χ0) is 19.8. The van der Waals surface area contributed by atoms with Gasteiger partial charge in [-0.2, -0.15) is 0 Å². The average molecular weight is 377 g/mol. The van der Waals surface area contributed by atoms with Crippen LogP contribution < -0.4 is 10.1 Å². The van der Waals surface area contributed by atoms with Crippen molar-refractivity contribution in [2.24, 2.45) is 0 Å². The zero-order valence-corrected chi connectivity index (χ0v) is 16.5. The van der Waals surface area contributed by atoms with Crippen LogP contribution in [0.1, 0.15) is 24.0 Å². The fourth-order valence-electron chi connectivity index (χ4n) is 3.49. The number of hydrogen-bond acceptors (Lipinski definition) is 5. The van der Waals surface area contributed by atoms with Gasteiger partial charge in [0.05, 0.1) is 19.6 Å². The summed E-state index contributed by atoms with van der Waals surface area (Å²) in [5.74, 6) is 0.0826. The lowest BCUT2D eigenvalue weighted by Gasteiger charge is -2.35. The van der Waals surface area contributed by atoms with Gasteiger partial charge in [-0.15, -0.1) is 0 Å². The number of amides is 1. The Morgan fingerprint density at radius 2 is 1.89 bits per heavy atom. The number of nitrogens with zero attached hydrogens (tertiary/aromatic N) is 2. The van der Waals surface area contributed by atoms with E-state index in [9.17, 15) is 9.59 Å². The number of likely N-dealkylation sites (tertiary alicyclic amines) is 1. The smallest absolute Gasteiger partial charge is 0.317 e. The van der Waals surface area contributed by atoms with Crippen LogP contribution in [0.3, 0.4) is 0 Å². The van der Waals surface area contributed by atoms with Crippen LogP contribution in [0.25, 0.3) is 0 Å². The number of ether oxygens (including phenoxy) is 1. The highest BCUT2D eigenvalue weighted by Gasteiger charge is 2.24. The number of hydrogen-bond donors (Lipinski definition) is 2. The second-order valence-corrected chi connectivity index (χ2v) is 7.24. The number of para-hydroxylation sites is 1. The highest BCUT2D eigenvalue weighted by Crippen LogP contribution is 2.21. The highest BCUT2D eigenvalue weighted by molar-refractivity contribution is 5.78. The van der Waals surface area contributed by atoms with Crippen LogP contribution in [-0.2, 0) is 9.59 Å². The molecule has 0 bridgehead atoms. The molecule has 27 heavy (non-hydrogen) atoms. The van der Waals surface area contributed by atoms with Gasteiger partial charge in [-0.1, -0.05) is 18.2 Å². The molecular weight excluding hydrogens is 346 g/mol. The Morgan fingerprint density at radius 3 is 2.48 bits per heavy atom. The van der Waals surface area contributed by atoms with E-state index in [2.05, 4.69) is 10.2 Å². The molecule has 1 aromatic rings. The van der Waals surface area contributed by atoms with E-state index in [0.29, 0.717) is 19.7 Å². The molecule has 2 rings (SSSR count). The Balaban J connectivity index is 1.63. The molecule has 1 heterocycles. The van der Waals surface area contributed by atoms with Crippen LogP contribution in [0.5, 0.6) is 5.75 Å². The Kier molecular flexibility index (Phi) is 8.06. The summed E-state index contributed by atoms with van der Waals surface area (Å²) in [5, 5.41) is 11.8. The first-order chi connectivity index (χ1) is 12.9. The van der Waals surface area contributed by atoms with Gasteiger partial charge in [0.2, 0.25) is 5.91 Å². The number of carboxylic acid groups (broad SMARTS) is 1. The van der Waals surface area contributed by atoms with Gasteiger partial charge >= 0.3 is 5.97 Å². The van der Waals surface area contributed by atoms with Gasteiger partial charge in [-0.3, -0.25) is 19.4 Å². The first-order valence-electron chi connectivity index (χ1n) is 9.47. The van der Waals surface area contributed by atoms with Crippen molar-refractivity contribution in [2.45, 2.75) is 32.7 Å². The minimum atomic E-state index is -0.803. The van der Waals surface area contributed by atoms with Crippen molar-refractivity contribution in [2.75, 3.05) is 46.4 Å². The van der Waals surface area contributed by atoms with Crippen molar-refractivity contribution in [3.63, 3.8) is 0 Å². The van der Waals surface area contributed by atoms with Crippen molar-refractivity contribution in [1.29, 1.82) is 0 Å². The Hall–Kier alpha value is -2.12. The quantitative estimate of drug-likeness (QED) is 0.631. The van der Waals surface area contributed by atoms with Crippen LogP contribution in [0, 0.1) is 13.8 Å². The van der Waals surface area contributed by atoms with Crippen molar-refractivity contribution in [3.05, 3.63) is 29.3 Å². The number of carboxylic acids is 1. The molecule has 0 atom stereocenters. The largest absolute Gasteiger partial charge is 0.491 e. The molecule has 0 spiro atoms. The normalized spacial score (nSPS) is 15.7. The third-order valence-corrected chi connectivity index (χ3v) is 5.01. The molecule has 0 aliphatic carbocycles. The van der Waals surface area contributed by atoms with Crippen LogP contribution in [0.4, 0.5) is 0 Å². The maximum Gasteiger partial charge on any atom is 0.317 e. The zero-order valence-electron chi connectivity index (χ0n) is 16.5. The van der Waals surface area contributed by atoms with Crippen LogP contribution in [-0.4, -0.2) is 79.2 Å². The third kappa shape index (κ3) is 6.84. The maximum absolute atomic E-state index is 12.1. The topological polar surface area (TPSA) is 82.1 Å². The van der Waals surface area contributed by atoms with Gasteiger partial charge < -0.3 is 15.2 Å². The minimum absolute atomic E-state index is 0.00236. The first kappa shape index (κ1) is 21.2. The molecule has 7 heteroatoms. The fourth-order valence-corrected chi connectivity index (χ4v) is 3.49. The number of aryl methyl sites for hydroxylation is 2. The lowest BCUT2D eigenvalue weighted by molar-refractivity contribution is -0.138. The van der Waals surface area contributed by atoms with Crippen molar-refractivity contribution < 1.29 is 19.4 Å². The van der Waals surface area contributed by atoms with Crippen LogP contribution in [0.2, 0.25) is 0 Å². The fraction of sp³-hybridized carbons (Fsp3) is 0.600. The monoisotopic (exact) mass is 377 g/mol. The van der Waals surface area contributed by atoms with E-state index in [0.717, 1.165) is 42.8 Å². The maximum atomic E-state index is 12.1. The molecule has 0 saturated carbocycles. The number of nitrogens with one attached hydrogen (secondary N) is 1. The van der Waals surface area contributed by atoms with Gasteiger partial charge in [-0.05, 0) is 44.9 Å². The Bertz CT molecular complexity index is 622. The van der Waals surface area contributed by atoms with E-state index < -0.39 is 5.97 Å². The minimum Gasteiger partial charge on any atom is -0.491 e. The summed E-state index contributed by atoms with van der Waals surface area (Å²) in [6.45, 7) is 6.99. The molecule has 1 aromatic carbocycles. The molecule has 1 aliphatic rings. The number of piperidine rings is 1. The molecule has 0 radical (unpaired) electrons. The Morgan fingerprint density at radius 1 is 1.26 bits per heavy atom. The summed E-state index contributed by atoms with van der Waals surface area (Å²) in [6.07, 6.45) is 1.76. The van der Waals surface area contributed by atoms with E-state index >= 15 is 0 Å². The Labute approximate surface area is 161 Å². The van der Waals surface area contributed by atoms with Gasteiger partial charge in [0, 0.05) is 19.1 Å². The number of carbonyl (C=O) groups is 2. The summed E-state index contributed by atoms with van der Waals surface area (Å²) in [7, 11) is 1.84. The molecule has 1 fully saturated rings. The number of aliphatic carboxylic acids is 1. The second kappa shape index (κ2) is 10.3. The van der Waals surface area contributed by atoms with E-state index in [4.69, 9.17) is 9.84 Å². The lowest BCUT2D eigenvalue weighted by atomic mass is 10.0. The van der Waals surface area contributed by atoms with Gasteiger partial charge in [0.15, 0.2) is 0 Å². The van der Waals surface area contributed by atoms with Crippen LogP contribution in [0.15, 0.2) is 18.2 Å². The number of carbonyl (C=O) groups excluding carboxylic acids is 1. The summed E-state index contributed by atoms with van der Waals surface area (Å²) in [5.41, 5.74) is 2.19. The highest BCUT2D eigenvalue weighted by atomic mass is 16.5. The molecule has 0 unspecified atom stereocenters. The molecule has 0 aromatic heterocycles. The van der Waals surface area contributed by atoms with E-state index in [1.807, 2.05) is 44.0 Å². The summed E-state index contributed by atoms with van der Waals surface area (Å²) in [6, 6.07) is 6.30. The van der Waals surface area contributed by atoms with E-state index in [-0.39, 0.29) is 18.5 Å². The van der Waals surface area contributed by atoms with Gasteiger partial charge in [-0.25, -0.2) is 0 Å². The SMILES string of the molecule is Cc1cccc(C)c1OCCNC(=O)CN1CCC(N(C)CC(=O)O)CC1. The predicted molar refractivity (Wildman–Crippen MR) is 104 cm³/mol. The van der Waals surface area contributed by atoms with E-state index in [1.165, 1.54) is 0 Å². The predicted octanol–water partition coefficient (Wildman–Crippen LogP) is 1.28. The average Bonchev–Trinajstić information content (AvgIpc) is 2.60. The third-order valence-electron chi connectivity index (χ3n) is 5.01. The standard InChI is InChI=1S/C20H31N3O4/c1-15-5-4-6-16(2)20(15)27-12-9-21-18(24)13-23-10-7-17(8-11-23)22(3)14-19(25)26/h4-6,17H,7-14H2,1-3H3,(H,21,24)(H,25,26). The number of likely N-dealkylation sites (N-methyl/N-ethyl adjacent to an activating group) is 1. The second-order valence-electron chi connectivity index (χ2n) is 7.24. The molecule has 2 N–H and O–H groups in total. The molecule has 7 nitrogen and oxygen atoms in total.